The smallest absolute Gasteiger partial charge is 0.307 e. The Labute approximate surface area is 257 Å². The summed E-state index contributed by atoms with van der Waals surface area (Å²) in [5.74, 6) is 1.04. The number of rotatable bonds is 10. The molecule has 9 heteroatoms. The van der Waals surface area contributed by atoms with Crippen LogP contribution in [0.4, 0.5) is 10.5 Å². The minimum Gasteiger partial charge on any atom is -0.307 e. The third kappa shape index (κ3) is 6.89. The first-order valence-electron chi connectivity index (χ1n) is 14.8. The molecule has 44 heavy (non-hydrogen) atoms. The second kappa shape index (κ2) is 13.3. The molecule has 0 unspecified atom stereocenters. The van der Waals surface area contributed by atoms with E-state index in [1.807, 2.05) is 42.5 Å². The normalized spacial score (nSPS) is 11.5. The number of nitrogens with zero attached hydrogens (tertiary/aromatic N) is 2. The zero-order valence-corrected chi connectivity index (χ0v) is 25.9. The van der Waals surface area contributed by atoms with Gasteiger partial charge in [0.2, 0.25) is 0 Å². The number of urea groups is 1. The van der Waals surface area contributed by atoms with Crippen LogP contribution < -0.4 is 15.6 Å². The molecular weight excluding hydrogens is 572 g/mol. The van der Waals surface area contributed by atoms with Gasteiger partial charge in [0, 0.05) is 17.7 Å². The van der Waals surface area contributed by atoms with E-state index in [9.17, 15) is 18.0 Å². The Morgan fingerprint density at radius 2 is 1.61 bits per heavy atom. The van der Waals surface area contributed by atoms with Gasteiger partial charge in [-0.05, 0) is 59.4 Å². The van der Waals surface area contributed by atoms with Crippen molar-refractivity contribution in [2.24, 2.45) is 0 Å². The van der Waals surface area contributed by atoms with Crippen LogP contribution in [0.25, 0.3) is 22.0 Å². The van der Waals surface area contributed by atoms with Gasteiger partial charge in [-0.25, -0.2) is 22.9 Å². The first-order chi connectivity index (χ1) is 21.2. The molecule has 5 rings (SSSR count). The van der Waals surface area contributed by atoms with Crippen LogP contribution in [-0.4, -0.2) is 24.0 Å². The van der Waals surface area contributed by atoms with Gasteiger partial charge < -0.3 is 5.32 Å². The number of anilines is 1. The summed E-state index contributed by atoms with van der Waals surface area (Å²) < 4.78 is 30.4. The summed E-state index contributed by atoms with van der Waals surface area (Å²) in [5, 5.41) is 3.14. The molecule has 2 N–H and O–H groups in total. The number of benzene rings is 4. The lowest BCUT2D eigenvalue weighted by Gasteiger charge is -2.16. The summed E-state index contributed by atoms with van der Waals surface area (Å²) in [7, 11) is -4.18. The zero-order valence-electron chi connectivity index (χ0n) is 25.1. The van der Waals surface area contributed by atoms with Gasteiger partial charge in [-0.2, -0.15) is 0 Å². The van der Waals surface area contributed by atoms with E-state index in [0.29, 0.717) is 46.6 Å². The number of fused-ring (bicyclic) bond motifs is 1. The van der Waals surface area contributed by atoms with Gasteiger partial charge in [0.15, 0.2) is 0 Å². The Bertz CT molecular complexity index is 1950. The van der Waals surface area contributed by atoms with Crippen molar-refractivity contribution < 1.29 is 13.2 Å². The van der Waals surface area contributed by atoms with E-state index in [2.05, 4.69) is 30.8 Å². The summed E-state index contributed by atoms with van der Waals surface area (Å²) in [5.41, 5.74) is 4.21. The Balaban J connectivity index is 1.43. The monoisotopic (exact) mass is 608 g/mol. The van der Waals surface area contributed by atoms with E-state index in [0.717, 1.165) is 29.8 Å². The van der Waals surface area contributed by atoms with E-state index < -0.39 is 16.1 Å². The quantitative estimate of drug-likeness (QED) is 0.176. The Morgan fingerprint density at radius 1 is 0.909 bits per heavy atom. The maximum Gasteiger partial charge on any atom is 0.333 e. The molecule has 0 aliphatic carbocycles. The molecule has 0 atom stereocenters. The number of aromatic nitrogens is 2. The standard InChI is InChI=1S/C35H36N4O4S/c1-4-5-15-33-37-31-21-20-27(24(2)3)22-30(31)34(40)39(33)23-25-16-18-26(19-17-25)29-13-9-10-14-32(29)44(42,43)38-35(41)36-28-11-7-6-8-12-28/h6-14,16-22,24H,4-5,15,23H2,1-3H3,(H2,36,38,41). The van der Waals surface area contributed by atoms with Gasteiger partial charge in [-0.3, -0.25) is 9.36 Å². The zero-order chi connectivity index (χ0) is 31.3. The number of carbonyl (C=O) groups excluding carboxylic acids is 1. The van der Waals surface area contributed by atoms with Crippen LogP contribution in [0.2, 0.25) is 0 Å². The highest BCUT2D eigenvalue weighted by Gasteiger charge is 2.22. The van der Waals surface area contributed by atoms with Crippen molar-refractivity contribution in [2.45, 2.75) is 57.4 Å². The van der Waals surface area contributed by atoms with Gasteiger partial charge in [-0.1, -0.05) is 93.9 Å². The first-order valence-corrected chi connectivity index (χ1v) is 16.2. The van der Waals surface area contributed by atoms with Crippen molar-refractivity contribution >= 4 is 32.6 Å². The SMILES string of the molecule is CCCCc1nc2ccc(C(C)C)cc2c(=O)n1Cc1ccc(-c2ccccc2S(=O)(=O)NC(=O)Nc2ccccc2)cc1. The van der Waals surface area contributed by atoms with E-state index in [1.54, 1.807) is 53.1 Å². The highest BCUT2D eigenvalue weighted by atomic mass is 32.2. The predicted molar refractivity (Wildman–Crippen MR) is 175 cm³/mol. The molecule has 0 fully saturated rings. The third-order valence-electron chi connectivity index (χ3n) is 7.52. The number of para-hydroxylation sites is 1. The molecule has 1 aromatic heterocycles. The molecule has 0 aliphatic heterocycles. The molecule has 0 saturated heterocycles. The Morgan fingerprint density at radius 3 is 2.32 bits per heavy atom. The fourth-order valence-corrected chi connectivity index (χ4v) is 6.24. The number of aryl methyl sites for hydroxylation is 1. The molecule has 0 spiro atoms. The van der Waals surface area contributed by atoms with Crippen molar-refractivity contribution in [1.29, 1.82) is 0 Å². The third-order valence-corrected chi connectivity index (χ3v) is 8.91. The van der Waals surface area contributed by atoms with E-state index in [-0.39, 0.29) is 10.5 Å². The maximum absolute atomic E-state index is 13.8. The first kappa shape index (κ1) is 30.7. The molecule has 0 aliphatic rings. The van der Waals surface area contributed by atoms with E-state index in [4.69, 9.17) is 4.98 Å². The highest BCUT2D eigenvalue weighted by Crippen LogP contribution is 2.28. The second-order valence-corrected chi connectivity index (χ2v) is 12.7. The molecule has 8 nitrogen and oxygen atoms in total. The van der Waals surface area contributed by atoms with Gasteiger partial charge >= 0.3 is 6.03 Å². The lowest BCUT2D eigenvalue weighted by atomic mass is 10.0. The number of unbranched alkanes of at least 4 members (excludes halogenated alkanes) is 1. The topological polar surface area (TPSA) is 110 Å². The summed E-state index contributed by atoms with van der Waals surface area (Å²) in [6, 6.07) is 27.6. The van der Waals surface area contributed by atoms with Crippen molar-refractivity contribution in [1.82, 2.24) is 14.3 Å². The van der Waals surface area contributed by atoms with E-state index in [1.165, 1.54) is 6.07 Å². The number of carbonyl (C=O) groups is 1. The van der Waals surface area contributed by atoms with Gasteiger partial charge in [0.1, 0.15) is 5.82 Å². The van der Waals surface area contributed by atoms with E-state index >= 15 is 0 Å². The Kier molecular flexibility index (Phi) is 9.25. The number of sulfonamides is 1. The molecule has 0 bridgehead atoms. The van der Waals surface area contributed by atoms with Gasteiger partial charge in [0.05, 0.1) is 22.3 Å². The average molecular weight is 609 g/mol. The summed E-state index contributed by atoms with van der Waals surface area (Å²) in [6.45, 7) is 6.65. The maximum atomic E-state index is 13.8. The second-order valence-electron chi connectivity index (χ2n) is 11.1. The minimum atomic E-state index is -4.18. The lowest BCUT2D eigenvalue weighted by molar-refractivity contribution is 0.256. The van der Waals surface area contributed by atoms with Gasteiger partial charge in [-0.15, -0.1) is 0 Å². The molecule has 0 saturated carbocycles. The van der Waals surface area contributed by atoms with Crippen LogP contribution in [0, 0.1) is 0 Å². The molecular formula is C35H36N4O4S. The summed E-state index contributed by atoms with van der Waals surface area (Å²) >= 11 is 0. The fraction of sp³-hybridized carbons (Fsp3) is 0.229. The number of nitrogens with one attached hydrogen (secondary N) is 2. The van der Waals surface area contributed by atoms with Crippen LogP contribution in [0.5, 0.6) is 0 Å². The summed E-state index contributed by atoms with van der Waals surface area (Å²) in [4.78, 5) is 31.1. The molecule has 0 radical (unpaired) electrons. The fourth-order valence-electron chi connectivity index (χ4n) is 5.10. The van der Waals surface area contributed by atoms with Crippen LogP contribution in [-0.2, 0) is 23.0 Å². The van der Waals surface area contributed by atoms with Crippen molar-refractivity contribution in [3.05, 3.63) is 124 Å². The van der Waals surface area contributed by atoms with Crippen molar-refractivity contribution in [3.63, 3.8) is 0 Å². The molecule has 2 amide bonds. The predicted octanol–water partition coefficient (Wildman–Crippen LogP) is 7.09. The Hall–Kier alpha value is -4.76. The number of hydrogen-bond donors (Lipinski definition) is 2. The average Bonchev–Trinajstić information content (AvgIpc) is 3.02. The lowest BCUT2D eigenvalue weighted by Crippen LogP contribution is -2.34. The molecule has 4 aromatic carbocycles. The van der Waals surface area contributed by atoms with Gasteiger partial charge in [0.25, 0.3) is 15.6 Å². The van der Waals surface area contributed by atoms with Crippen LogP contribution in [0.1, 0.15) is 56.5 Å². The number of hydrogen-bond acceptors (Lipinski definition) is 5. The summed E-state index contributed by atoms with van der Waals surface area (Å²) in [6.07, 6.45) is 2.60. The largest absolute Gasteiger partial charge is 0.333 e. The highest BCUT2D eigenvalue weighted by molar-refractivity contribution is 7.90. The van der Waals surface area contributed by atoms with Crippen LogP contribution in [0.15, 0.2) is 107 Å². The molecule has 5 aromatic rings. The minimum absolute atomic E-state index is 0.0197. The van der Waals surface area contributed by atoms with Crippen molar-refractivity contribution in [2.75, 3.05) is 5.32 Å². The van der Waals surface area contributed by atoms with Crippen molar-refractivity contribution in [3.8, 4) is 11.1 Å². The van der Waals surface area contributed by atoms with Crippen LogP contribution >= 0.6 is 0 Å². The van der Waals surface area contributed by atoms with Crippen LogP contribution in [0.3, 0.4) is 0 Å². The number of amides is 2. The molecule has 1 heterocycles. The molecule has 226 valence electrons.